The van der Waals surface area contributed by atoms with Crippen LogP contribution in [-0.2, 0) is 40.9 Å². The van der Waals surface area contributed by atoms with Gasteiger partial charge < -0.3 is 101 Å². The SMILES string of the molecule is O=C(N[C@@H](COC(=O)[C@H](CO)NC(=O)c1cc([C@@H]2O[C@H](CO)[C@@H](O)[C@H](O)[C@H]2O)cc(O)c1O)C(=O)[O-])c1cc([C@@H]2O[C@H](CO)[C@@H](O)[C@H](O)[C@H]2O)cc(O)c1O.[Fe]. The van der Waals surface area contributed by atoms with E-state index in [0.717, 1.165) is 24.3 Å². The molecule has 0 radical (unpaired) electrons. The maximum absolute atomic E-state index is 13.1. The number of ether oxygens (including phenoxy) is 3. The molecule has 56 heavy (non-hydrogen) atoms. The van der Waals surface area contributed by atoms with Gasteiger partial charge in [0, 0.05) is 17.1 Å². The molecule has 2 aromatic carbocycles. The Labute approximate surface area is 325 Å². The largest absolute Gasteiger partial charge is 0.548 e. The molecule has 0 aromatic heterocycles. The topological polar surface area (TPSA) is 406 Å². The summed E-state index contributed by atoms with van der Waals surface area (Å²) >= 11 is 0. The molecule has 0 bridgehead atoms. The monoisotopic (exact) mass is 843 g/mol. The van der Waals surface area contributed by atoms with Crippen LogP contribution in [0.2, 0.25) is 0 Å². The Morgan fingerprint density at radius 2 is 1.04 bits per heavy atom. The van der Waals surface area contributed by atoms with Crippen LogP contribution >= 0.6 is 0 Å². The number of nitrogens with one attached hydrogen (secondary N) is 2. The van der Waals surface area contributed by atoms with Crippen molar-refractivity contribution in [2.75, 3.05) is 26.4 Å². The normalized spacial score (nSPS) is 28.6. The predicted octanol–water partition coefficient (Wildman–Crippen LogP) is -7.28. The molecule has 4 rings (SSSR count). The Kier molecular flexibility index (Phi) is 15.7. The van der Waals surface area contributed by atoms with E-state index >= 15 is 0 Å². The fourth-order valence-corrected chi connectivity index (χ4v) is 5.80. The first kappa shape index (κ1) is 46.0. The van der Waals surface area contributed by atoms with Crippen LogP contribution in [0.3, 0.4) is 0 Å². The number of aromatic hydroxyl groups is 4. The van der Waals surface area contributed by atoms with E-state index in [4.69, 9.17) is 14.2 Å². The van der Waals surface area contributed by atoms with Crippen LogP contribution in [0.4, 0.5) is 0 Å². The Balaban J connectivity index is 0.00000841. The third-order valence-electron chi connectivity index (χ3n) is 8.91. The van der Waals surface area contributed by atoms with E-state index in [1.807, 2.05) is 10.6 Å². The number of aliphatic hydroxyl groups excluding tert-OH is 9. The fraction of sp³-hybridized carbons (Fsp3) is 0.500. The van der Waals surface area contributed by atoms with Gasteiger partial charge in [-0.2, -0.15) is 0 Å². The molecule has 2 aliphatic rings. The number of carbonyl (C=O) groups is 4. The van der Waals surface area contributed by atoms with Crippen molar-refractivity contribution in [3.63, 3.8) is 0 Å². The van der Waals surface area contributed by atoms with Gasteiger partial charge >= 0.3 is 5.97 Å². The first-order valence-electron chi connectivity index (χ1n) is 16.2. The number of hydrogen-bond donors (Lipinski definition) is 15. The van der Waals surface area contributed by atoms with Crippen molar-refractivity contribution in [3.05, 3.63) is 46.5 Å². The van der Waals surface area contributed by atoms with E-state index in [1.165, 1.54) is 0 Å². The van der Waals surface area contributed by atoms with Crippen molar-refractivity contribution in [1.29, 1.82) is 0 Å². The molecule has 0 spiro atoms. The summed E-state index contributed by atoms with van der Waals surface area (Å²) in [7, 11) is 0. The van der Waals surface area contributed by atoms with Gasteiger partial charge in [-0.05, 0) is 35.4 Å². The molecular weight excluding hydrogens is 804 g/mol. The smallest absolute Gasteiger partial charge is 0.331 e. The molecule has 2 heterocycles. The summed E-state index contributed by atoms with van der Waals surface area (Å²) in [5.41, 5.74) is -2.16. The van der Waals surface area contributed by atoms with E-state index < -0.39 is 157 Å². The van der Waals surface area contributed by atoms with Gasteiger partial charge in [0.2, 0.25) is 0 Å². The molecule has 2 amide bonds. The number of aliphatic hydroxyl groups is 9. The van der Waals surface area contributed by atoms with E-state index in [0.29, 0.717) is 0 Å². The third-order valence-corrected chi connectivity index (χ3v) is 8.91. The number of phenolic OH excluding ortho intramolecular Hbond substituents is 4. The molecule has 23 nitrogen and oxygen atoms in total. The first-order chi connectivity index (χ1) is 25.9. The number of hydrogen-bond acceptors (Lipinski definition) is 21. The second-order valence-electron chi connectivity index (χ2n) is 12.6. The van der Waals surface area contributed by atoms with Gasteiger partial charge in [0.15, 0.2) is 29.0 Å². The number of amides is 2. The number of carboxylic acids is 1. The summed E-state index contributed by atoms with van der Waals surface area (Å²) < 4.78 is 15.6. The molecule has 24 heteroatoms. The molecule has 0 unspecified atom stereocenters. The number of phenols is 4. The minimum absolute atomic E-state index is 0. The van der Waals surface area contributed by atoms with Crippen molar-refractivity contribution in [2.45, 2.75) is 73.1 Å². The van der Waals surface area contributed by atoms with Crippen LogP contribution in [0.25, 0.3) is 0 Å². The summed E-state index contributed by atoms with van der Waals surface area (Å²) in [6.07, 6.45) is -16.9. The molecule has 0 saturated carbocycles. The van der Waals surface area contributed by atoms with Crippen molar-refractivity contribution in [3.8, 4) is 23.0 Å². The number of carboxylic acid groups (broad SMARTS) is 1. The third kappa shape index (κ3) is 9.58. The van der Waals surface area contributed by atoms with Gasteiger partial charge in [-0.15, -0.1) is 0 Å². The number of esters is 1. The zero-order valence-electron chi connectivity index (χ0n) is 28.5. The van der Waals surface area contributed by atoms with Crippen molar-refractivity contribution >= 4 is 23.8 Å². The average molecular weight is 844 g/mol. The molecule has 15 N–H and O–H groups in total. The fourth-order valence-electron chi connectivity index (χ4n) is 5.80. The van der Waals surface area contributed by atoms with E-state index in [9.17, 15) is 90.7 Å². The minimum Gasteiger partial charge on any atom is -0.548 e. The second kappa shape index (κ2) is 19.2. The van der Waals surface area contributed by atoms with Crippen LogP contribution < -0.4 is 15.7 Å². The van der Waals surface area contributed by atoms with E-state index in [2.05, 4.69) is 0 Å². The molecule has 2 aromatic rings. The minimum atomic E-state index is -2.21. The summed E-state index contributed by atoms with van der Waals surface area (Å²) in [6.45, 7) is -4.08. The van der Waals surface area contributed by atoms with Crippen LogP contribution in [0.1, 0.15) is 44.1 Å². The van der Waals surface area contributed by atoms with Crippen molar-refractivity contribution in [2.24, 2.45) is 0 Å². The first-order valence-corrected chi connectivity index (χ1v) is 16.2. The molecule has 12 atom stereocenters. The Hall–Kier alpha value is -4.40. The summed E-state index contributed by atoms with van der Waals surface area (Å²) in [5.74, 6) is -10.5. The summed E-state index contributed by atoms with van der Waals surface area (Å²) in [6, 6.07) is -0.908. The quantitative estimate of drug-likeness (QED) is 0.0506. The summed E-state index contributed by atoms with van der Waals surface area (Å²) in [5, 5.41) is 147. The summed E-state index contributed by atoms with van der Waals surface area (Å²) in [4.78, 5) is 50.8. The zero-order valence-corrected chi connectivity index (χ0v) is 29.6. The van der Waals surface area contributed by atoms with Crippen LogP contribution in [0.5, 0.6) is 23.0 Å². The number of aliphatic carboxylic acids is 1. The van der Waals surface area contributed by atoms with Crippen LogP contribution in [0, 0.1) is 0 Å². The van der Waals surface area contributed by atoms with Gasteiger partial charge in [-0.1, -0.05) is 0 Å². The van der Waals surface area contributed by atoms with Crippen molar-refractivity contribution in [1.82, 2.24) is 10.6 Å². The molecule has 2 saturated heterocycles. The van der Waals surface area contributed by atoms with Gasteiger partial charge in [-0.25, -0.2) is 4.79 Å². The Morgan fingerprint density at radius 3 is 1.39 bits per heavy atom. The van der Waals surface area contributed by atoms with Crippen molar-refractivity contribution < 1.29 is 122 Å². The Bertz CT molecular complexity index is 1740. The van der Waals surface area contributed by atoms with Gasteiger partial charge in [0.25, 0.3) is 11.8 Å². The maximum Gasteiger partial charge on any atom is 0.331 e. The van der Waals surface area contributed by atoms with Crippen LogP contribution in [-0.4, -0.2) is 177 Å². The number of benzene rings is 2. The molecule has 312 valence electrons. The van der Waals surface area contributed by atoms with E-state index in [-0.39, 0.29) is 28.2 Å². The van der Waals surface area contributed by atoms with E-state index in [1.54, 1.807) is 0 Å². The zero-order chi connectivity index (χ0) is 41.0. The molecule has 0 aliphatic carbocycles. The Morgan fingerprint density at radius 1 is 0.643 bits per heavy atom. The number of rotatable bonds is 13. The van der Waals surface area contributed by atoms with Gasteiger partial charge in [0.05, 0.1) is 36.9 Å². The predicted molar refractivity (Wildman–Crippen MR) is 171 cm³/mol. The number of carbonyl (C=O) groups excluding carboxylic acids is 4. The molecule has 2 aliphatic heterocycles. The second-order valence-corrected chi connectivity index (χ2v) is 12.6. The van der Waals surface area contributed by atoms with Gasteiger partial charge in [0.1, 0.15) is 73.7 Å². The maximum atomic E-state index is 13.1. The van der Waals surface area contributed by atoms with Crippen LogP contribution in [0.15, 0.2) is 24.3 Å². The average Bonchev–Trinajstić information content (AvgIpc) is 3.15. The molecular formula is C32H39FeN2O21-. The van der Waals surface area contributed by atoms with Gasteiger partial charge in [-0.3, -0.25) is 9.59 Å². The standard InChI is InChI=1S/C32H40N2O21.Fe/c35-5-13(33-29(48)11-1-9(3-15(38)19(11)40)27-25(46)23(44)21(42)17(6-36)54-27)32(52)53-8-14(31(50)51)34-30(49)12-2-10(4-16(39)20(12)41)28-26(47)24(45)22(43)18(7-37)55-28;/h1-4,13-14,17-18,21-28,35-47H,5-8H2,(H,33,48)(H,34,49)(H,50,51);/p-1/t13-,14-,17+,18+,21+,22+,23-,24-,25+,26+,27-,28-;/m0./s1. The molecule has 2 fully saturated rings.